The Balaban J connectivity index is 1.43. The topological polar surface area (TPSA) is 69.5 Å². The number of carbonyl (C=O) groups excluding carboxylic acids is 1. The molecule has 1 aliphatic rings. The van der Waals surface area contributed by atoms with Crippen LogP contribution in [0.25, 0.3) is 17.1 Å². The van der Waals surface area contributed by atoms with Crippen LogP contribution in [0.1, 0.15) is 28.8 Å². The normalized spacial score (nSPS) is 13.1. The van der Waals surface area contributed by atoms with Crippen LogP contribution in [0.5, 0.6) is 11.5 Å². The zero-order valence-corrected chi connectivity index (χ0v) is 21.2. The highest BCUT2D eigenvalue weighted by atomic mass is 32.2. The van der Waals surface area contributed by atoms with E-state index in [9.17, 15) is 4.79 Å². The van der Waals surface area contributed by atoms with Gasteiger partial charge in [0.05, 0.1) is 19.9 Å². The summed E-state index contributed by atoms with van der Waals surface area (Å²) >= 11 is 1.59. The van der Waals surface area contributed by atoms with E-state index in [0.29, 0.717) is 11.6 Å². The summed E-state index contributed by atoms with van der Waals surface area (Å²) in [4.78, 5) is 14.6. The van der Waals surface area contributed by atoms with Crippen LogP contribution in [-0.2, 0) is 5.75 Å². The Bertz CT molecular complexity index is 1350. The molecule has 0 bridgehead atoms. The molecule has 184 valence electrons. The molecule has 0 N–H and O–H groups in total. The largest absolute Gasteiger partial charge is 0.497 e. The van der Waals surface area contributed by atoms with E-state index in [1.807, 2.05) is 82.3 Å². The summed E-state index contributed by atoms with van der Waals surface area (Å²) < 4.78 is 13.1. The molecule has 0 saturated carbocycles. The molecule has 1 saturated heterocycles. The van der Waals surface area contributed by atoms with Crippen molar-refractivity contribution in [1.29, 1.82) is 0 Å². The third-order valence-electron chi connectivity index (χ3n) is 6.25. The molecule has 36 heavy (non-hydrogen) atoms. The Kier molecular flexibility index (Phi) is 7.23. The first kappa shape index (κ1) is 23.9. The summed E-state index contributed by atoms with van der Waals surface area (Å²) in [6.45, 7) is 1.70. The average molecular weight is 501 g/mol. The van der Waals surface area contributed by atoms with Crippen LogP contribution in [-0.4, -0.2) is 52.9 Å². The van der Waals surface area contributed by atoms with Crippen molar-refractivity contribution >= 4 is 17.7 Å². The fourth-order valence-electron chi connectivity index (χ4n) is 4.34. The number of benzene rings is 3. The van der Waals surface area contributed by atoms with E-state index < -0.39 is 0 Å². The lowest BCUT2D eigenvalue weighted by atomic mass is 10.1. The smallest absolute Gasteiger partial charge is 0.253 e. The molecule has 8 heteroatoms. The van der Waals surface area contributed by atoms with Gasteiger partial charge in [0, 0.05) is 30.0 Å². The maximum Gasteiger partial charge on any atom is 0.253 e. The van der Waals surface area contributed by atoms with Crippen LogP contribution >= 0.6 is 11.8 Å². The number of rotatable bonds is 8. The van der Waals surface area contributed by atoms with E-state index in [1.165, 1.54) is 0 Å². The standard InChI is InChI=1S/C28H28N4O3S/c1-34-23-9-7-8-22(18-23)26-29-30-28(32(26)24-10-3-4-11-25(24)35-2)36-19-20-12-14-21(15-13-20)27(33)31-16-5-6-17-31/h3-4,7-15,18H,5-6,16-17,19H2,1-2H3. The summed E-state index contributed by atoms with van der Waals surface area (Å²) in [6, 6.07) is 23.5. The van der Waals surface area contributed by atoms with Gasteiger partial charge in [-0.2, -0.15) is 0 Å². The molecular formula is C28H28N4O3S. The average Bonchev–Trinajstić information content (AvgIpc) is 3.62. The highest BCUT2D eigenvalue weighted by molar-refractivity contribution is 7.98. The van der Waals surface area contributed by atoms with Gasteiger partial charge < -0.3 is 14.4 Å². The summed E-state index contributed by atoms with van der Waals surface area (Å²) in [5.41, 5.74) is 3.60. The molecule has 3 aromatic carbocycles. The number of likely N-dealkylation sites (tertiary alicyclic amines) is 1. The first-order chi connectivity index (χ1) is 17.7. The van der Waals surface area contributed by atoms with Gasteiger partial charge >= 0.3 is 0 Å². The Morgan fingerprint density at radius 1 is 0.917 bits per heavy atom. The second-order valence-corrected chi connectivity index (χ2v) is 9.47. The van der Waals surface area contributed by atoms with E-state index in [4.69, 9.17) is 9.47 Å². The summed E-state index contributed by atoms with van der Waals surface area (Å²) in [7, 11) is 3.31. The first-order valence-electron chi connectivity index (χ1n) is 11.9. The van der Waals surface area contributed by atoms with E-state index in [0.717, 1.165) is 65.0 Å². The summed E-state index contributed by atoms with van der Waals surface area (Å²) in [5.74, 6) is 2.98. The van der Waals surface area contributed by atoms with Gasteiger partial charge in [-0.1, -0.05) is 48.2 Å². The van der Waals surface area contributed by atoms with Gasteiger partial charge in [-0.05, 0) is 54.8 Å². The quantitative estimate of drug-likeness (QED) is 0.299. The van der Waals surface area contributed by atoms with Crippen LogP contribution in [0.3, 0.4) is 0 Å². The number of thioether (sulfide) groups is 1. The van der Waals surface area contributed by atoms with Gasteiger partial charge in [-0.25, -0.2) is 0 Å². The SMILES string of the molecule is COc1cccc(-c2nnc(SCc3ccc(C(=O)N4CCCC4)cc3)n2-c2ccccc2OC)c1. The maximum atomic E-state index is 12.7. The molecule has 1 aromatic heterocycles. The van der Waals surface area contributed by atoms with E-state index in [1.54, 1.807) is 26.0 Å². The minimum Gasteiger partial charge on any atom is -0.497 e. The zero-order valence-electron chi connectivity index (χ0n) is 20.4. The van der Waals surface area contributed by atoms with Crippen LogP contribution < -0.4 is 9.47 Å². The third-order valence-corrected chi connectivity index (χ3v) is 7.25. The van der Waals surface area contributed by atoms with Crippen LogP contribution in [0, 0.1) is 0 Å². The van der Waals surface area contributed by atoms with Crippen molar-refractivity contribution in [3.8, 4) is 28.6 Å². The monoisotopic (exact) mass is 500 g/mol. The summed E-state index contributed by atoms with van der Waals surface area (Å²) in [6.07, 6.45) is 2.18. The van der Waals surface area contributed by atoms with Gasteiger partial charge in [0.2, 0.25) is 0 Å². The Morgan fingerprint density at radius 3 is 2.44 bits per heavy atom. The van der Waals surface area contributed by atoms with Crippen molar-refractivity contribution in [2.75, 3.05) is 27.3 Å². The molecular weight excluding hydrogens is 472 g/mol. The lowest BCUT2D eigenvalue weighted by molar-refractivity contribution is 0.0793. The molecule has 1 fully saturated rings. The Hall–Kier alpha value is -3.78. The first-order valence-corrected chi connectivity index (χ1v) is 12.9. The predicted octanol–water partition coefficient (Wildman–Crippen LogP) is 5.48. The fraction of sp³-hybridized carbons (Fsp3) is 0.250. The van der Waals surface area contributed by atoms with Crippen molar-refractivity contribution in [2.45, 2.75) is 23.8 Å². The van der Waals surface area contributed by atoms with Gasteiger partial charge in [0.15, 0.2) is 11.0 Å². The van der Waals surface area contributed by atoms with E-state index in [2.05, 4.69) is 10.2 Å². The van der Waals surface area contributed by atoms with Crippen molar-refractivity contribution in [3.05, 3.63) is 83.9 Å². The number of amides is 1. The second-order valence-electron chi connectivity index (χ2n) is 8.53. The van der Waals surface area contributed by atoms with Crippen LogP contribution in [0.15, 0.2) is 78.0 Å². The number of para-hydroxylation sites is 2. The molecule has 0 spiro atoms. The van der Waals surface area contributed by atoms with Crippen LogP contribution in [0.2, 0.25) is 0 Å². The molecule has 4 aromatic rings. The van der Waals surface area contributed by atoms with E-state index in [-0.39, 0.29) is 5.91 Å². The number of methoxy groups -OCH3 is 2. The van der Waals surface area contributed by atoms with Gasteiger partial charge in [0.1, 0.15) is 11.5 Å². The number of nitrogens with zero attached hydrogens (tertiary/aromatic N) is 4. The number of carbonyl (C=O) groups is 1. The summed E-state index contributed by atoms with van der Waals surface area (Å²) in [5, 5.41) is 9.81. The van der Waals surface area contributed by atoms with Crippen molar-refractivity contribution < 1.29 is 14.3 Å². The fourth-order valence-corrected chi connectivity index (χ4v) is 5.24. The number of aromatic nitrogens is 3. The highest BCUT2D eigenvalue weighted by Crippen LogP contribution is 2.34. The molecule has 0 unspecified atom stereocenters. The predicted molar refractivity (Wildman–Crippen MR) is 141 cm³/mol. The third kappa shape index (κ3) is 4.95. The van der Waals surface area contributed by atoms with E-state index >= 15 is 0 Å². The molecule has 5 rings (SSSR count). The van der Waals surface area contributed by atoms with Gasteiger partial charge in [-0.15, -0.1) is 10.2 Å². The molecule has 2 heterocycles. The minimum atomic E-state index is 0.116. The highest BCUT2D eigenvalue weighted by Gasteiger charge is 2.21. The Labute approximate surface area is 215 Å². The zero-order chi connectivity index (χ0) is 24.9. The molecule has 0 aliphatic carbocycles. The molecule has 0 radical (unpaired) electrons. The molecule has 1 amide bonds. The molecule has 1 aliphatic heterocycles. The molecule has 0 atom stereocenters. The maximum absolute atomic E-state index is 12.7. The second kappa shape index (κ2) is 10.9. The lowest BCUT2D eigenvalue weighted by Gasteiger charge is -2.15. The number of ether oxygens (including phenoxy) is 2. The molecule has 7 nitrogen and oxygen atoms in total. The van der Waals surface area contributed by atoms with Crippen LogP contribution in [0.4, 0.5) is 0 Å². The number of hydrogen-bond acceptors (Lipinski definition) is 6. The minimum absolute atomic E-state index is 0.116. The lowest BCUT2D eigenvalue weighted by Crippen LogP contribution is -2.27. The van der Waals surface area contributed by atoms with Crippen molar-refractivity contribution in [3.63, 3.8) is 0 Å². The van der Waals surface area contributed by atoms with Gasteiger partial charge in [0.25, 0.3) is 5.91 Å². The van der Waals surface area contributed by atoms with Crippen molar-refractivity contribution in [1.82, 2.24) is 19.7 Å². The Morgan fingerprint density at radius 2 is 1.69 bits per heavy atom. The van der Waals surface area contributed by atoms with Crippen molar-refractivity contribution in [2.24, 2.45) is 0 Å². The van der Waals surface area contributed by atoms with Gasteiger partial charge in [-0.3, -0.25) is 9.36 Å². The number of hydrogen-bond donors (Lipinski definition) is 0.